The second-order valence-corrected chi connectivity index (χ2v) is 9.74. The van der Waals surface area contributed by atoms with E-state index < -0.39 is 59.4 Å². The Hall–Kier alpha value is -3.96. The van der Waals surface area contributed by atoms with Crippen molar-refractivity contribution >= 4 is 41.4 Å². The molecule has 3 N–H and O–H groups in total. The van der Waals surface area contributed by atoms with Gasteiger partial charge in [-0.05, 0) is 39.3 Å². The van der Waals surface area contributed by atoms with Crippen LogP contribution in [0.15, 0.2) is 18.2 Å². The summed E-state index contributed by atoms with van der Waals surface area (Å²) in [6, 6.07) is 1.84. The van der Waals surface area contributed by atoms with E-state index in [0.717, 1.165) is 9.80 Å². The highest BCUT2D eigenvalue weighted by molar-refractivity contribution is 6.25. The van der Waals surface area contributed by atoms with E-state index in [2.05, 4.69) is 10.6 Å². The smallest absolute Gasteiger partial charge is 0.411 e. The molecule has 3 aliphatic heterocycles. The maximum atomic E-state index is 13.3. The Bertz CT molecular complexity index is 1140. The molecular formula is C23H26N4O8. The van der Waals surface area contributed by atoms with Gasteiger partial charge in [0.15, 0.2) is 0 Å². The van der Waals surface area contributed by atoms with Crippen LogP contribution in [0.25, 0.3) is 0 Å². The molecule has 35 heavy (non-hydrogen) atoms. The van der Waals surface area contributed by atoms with E-state index in [1.807, 2.05) is 0 Å². The van der Waals surface area contributed by atoms with E-state index >= 15 is 0 Å². The fourth-order valence-electron chi connectivity index (χ4n) is 4.55. The third kappa shape index (κ3) is 4.55. The van der Waals surface area contributed by atoms with Crippen LogP contribution in [0.1, 0.15) is 60.7 Å². The number of anilines is 1. The Balaban J connectivity index is 1.56. The van der Waals surface area contributed by atoms with E-state index in [1.54, 1.807) is 32.9 Å². The molecule has 12 heteroatoms. The Labute approximate surface area is 200 Å². The molecule has 2 saturated heterocycles. The number of likely N-dealkylation sites (tertiary alicyclic amines) is 1. The SMILES string of the molecule is CC(C)(C)OC(=O)N1CC(Nc2cccc3c2C(=O)N(C2CCC(=O)NC2=O)C3=O)C[C@H]1C(=O)O. The van der Waals surface area contributed by atoms with Crippen molar-refractivity contribution in [2.24, 2.45) is 0 Å². The summed E-state index contributed by atoms with van der Waals surface area (Å²) in [4.78, 5) is 76.4. The van der Waals surface area contributed by atoms with E-state index in [-0.39, 0.29) is 42.6 Å². The Morgan fingerprint density at radius 1 is 1.14 bits per heavy atom. The fourth-order valence-corrected chi connectivity index (χ4v) is 4.55. The topological polar surface area (TPSA) is 162 Å². The number of ether oxygens (including phenoxy) is 1. The van der Waals surface area contributed by atoms with Crippen LogP contribution < -0.4 is 10.6 Å². The van der Waals surface area contributed by atoms with Crippen LogP contribution in [-0.2, 0) is 19.1 Å². The summed E-state index contributed by atoms with van der Waals surface area (Å²) < 4.78 is 5.33. The van der Waals surface area contributed by atoms with Crippen LogP contribution in [0, 0.1) is 0 Å². The minimum absolute atomic E-state index is 0.00801. The molecule has 0 aliphatic carbocycles. The van der Waals surface area contributed by atoms with Crippen molar-refractivity contribution in [1.82, 2.24) is 15.1 Å². The quantitative estimate of drug-likeness (QED) is 0.526. The van der Waals surface area contributed by atoms with Crippen molar-refractivity contribution in [3.05, 3.63) is 29.3 Å². The van der Waals surface area contributed by atoms with Gasteiger partial charge in [-0.15, -0.1) is 0 Å². The Morgan fingerprint density at radius 3 is 2.49 bits per heavy atom. The summed E-state index contributed by atoms with van der Waals surface area (Å²) in [5.74, 6) is -3.69. The Morgan fingerprint density at radius 2 is 1.86 bits per heavy atom. The van der Waals surface area contributed by atoms with E-state index in [1.165, 1.54) is 6.07 Å². The van der Waals surface area contributed by atoms with Gasteiger partial charge >= 0.3 is 12.1 Å². The molecule has 3 atom stereocenters. The first kappa shape index (κ1) is 24.2. The largest absolute Gasteiger partial charge is 0.480 e. The monoisotopic (exact) mass is 486 g/mol. The molecule has 5 amide bonds. The molecule has 4 rings (SSSR count). The molecule has 186 valence electrons. The normalized spacial score (nSPS) is 24.4. The van der Waals surface area contributed by atoms with Gasteiger partial charge in [0.2, 0.25) is 11.8 Å². The van der Waals surface area contributed by atoms with Crippen molar-refractivity contribution < 1.29 is 38.6 Å². The fraction of sp³-hybridized carbons (Fsp3) is 0.478. The van der Waals surface area contributed by atoms with Gasteiger partial charge in [0.25, 0.3) is 11.8 Å². The van der Waals surface area contributed by atoms with Gasteiger partial charge in [0.05, 0.1) is 11.1 Å². The Kier molecular flexibility index (Phi) is 5.99. The summed E-state index contributed by atoms with van der Waals surface area (Å²) >= 11 is 0. The lowest BCUT2D eigenvalue weighted by Crippen LogP contribution is -2.54. The number of carboxylic acids is 1. The van der Waals surface area contributed by atoms with Gasteiger partial charge in [0.1, 0.15) is 17.7 Å². The number of imide groups is 2. The van der Waals surface area contributed by atoms with Gasteiger partial charge in [-0.2, -0.15) is 0 Å². The third-order valence-electron chi connectivity index (χ3n) is 6.04. The van der Waals surface area contributed by atoms with Gasteiger partial charge < -0.3 is 15.2 Å². The molecule has 0 radical (unpaired) electrons. The lowest BCUT2D eigenvalue weighted by atomic mass is 10.0. The van der Waals surface area contributed by atoms with Gasteiger partial charge in [0, 0.05) is 31.1 Å². The highest BCUT2D eigenvalue weighted by Crippen LogP contribution is 2.34. The van der Waals surface area contributed by atoms with E-state index in [4.69, 9.17) is 4.74 Å². The van der Waals surface area contributed by atoms with Gasteiger partial charge in [-0.1, -0.05) is 6.07 Å². The summed E-state index contributed by atoms with van der Waals surface area (Å²) in [7, 11) is 0. The highest BCUT2D eigenvalue weighted by Gasteiger charge is 2.47. The number of rotatable bonds is 4. The number of carbonyl (C=O) groups is 6. The van der Waals surface area contributed by atoms with Crippen molar-refractivity contribution in [3.8, 4) is 0 Å². The first-order valence-corrected chi connectivity index (χ1v) is 11.2. The predicted octanol–water partition coefficient (Wildman–Crippen LogP) is 0.962. The van der Waals surface area contributed by atoms with Crippen LogP contribution in [0.5, 0.6) is 0 Å². The summed E-state index contributed by atoms with van der Waals surface area (Å²) in [5.41, 5.74) is -0.361. The lowest BCUT2D eigenvalue weighted by molar-refractivity contribution is -0.142. The molecule has 0 aromatic heterocycles. The molecule has 2 fully saturated rings. The van der Waals surface area contributed by atoms with Crippen molar-refractivity contribution in [3.63, 3.8) is 0 Å². The molecule has 1 aromatic rings. The zero-order valence-electron chi connectivity index (χ0n) is 19.5. The number of aliphatic carboxylic acids is 1. The number of nitrogens with one attached hydrogen (secondary N) is 2. The molecule has 1 aromatic carbocycles. The summed E-state index contributed by atoms with van der Waals surface area (Å²) in [6.45, 7) is 5.04. The lowest BCUT2D eigenvalue weighted by Gasteiger charge is -2.28. The van der Waals surface area contributed by atoms with E-state index in [9.17, 15) is 33.9 Å². The molecule has 12 nitrogen and oxygen atoms in total. The van der Waals surface area contributed by atoms with Crippen molar-refractivity contribution in [2.75, 3.05) is 11.9 Å². The number of hydrogen-bond acceptors (Lipinski definition) is 8. The van der Waals surface area contributed by atoms with Crippen LogP contribution in [0.2, 0.25) is 0 Å². The van der Waals surface area contributed by atoms with Crippen LogP contribution >= 0.6 is 0 Å². The average molecular weight is 486 g/mol. The number of carbonyl (C=O) groups excluding carboxylic acids is 5. The molecular weight excluding hydrogens is 460 g/mol. The minimum atomic E-state index is -1.19. The first-order chi connectivity index (χ1) is 16.4. The molecule has 3 aliphatic rings. The molecule has 0 saturated carbocycles. The summed E-state index contributed by atoms with van der Waals surface area (Å²) in [5, 5.41) is 14.9. The second kappa shape index (κ2) is 8.67. The van der Waals surface area contributed by atoms with Gasteiger partial charge in [-0.3, -0.25) is 34.3 Å². The zero-order chi connectivity index (χ0) is 25.7. The number of hydrogen-bond donors (Lipinski definition) is 3. The van der Waals surface area contributed by atoms with Crippen molar-refractivity contribution in [2.45, 2.75) is 63.8 Å². The van der Waals surface area contributed by atoms with Crippen LogP contribution in [0.4, 0.5) is 10.5 Å². The van der Waals surface area contributed by atoms with E-state index in [0.29, 0.717) is 0 Å². The average Bonchev–Trinajstić information content (AvgIpc) is 3.28. The van der Waals surface area contributed by atoms with Crippen LogP contribution in [0.3, 0.4) is 0 Å². The maximum Gasteiger partial charge on any atom is 0.411 e. The molecule has 3 heterocycles. The van der Waals surface area contributed by atoms with Crippen LogP contribution in [-0.4, -0.2) is 80.9 Å². The number of benzene rings is 1. The molecule has 0 bridgehead atoms. The maximum absolute atomic E-state index is 13.3. The number of nitrogens with zero attached hydrogens (tertiary/aromatic N) is 2. The van der Waals surface area contributed by atoms with Crippen molar-refractivity contribution in [1.29, 1.82) is 0 Å². The number of carboxylic acid groups (broad SMARTS) is 1. The third-order valence-corrected chi connectivity index (χ3v) is 6.04. The standard InChI is InChI=1S/C23H26N4O8/c1-23(2,3)35-22(34)26-10-11(9-15(26)21(32)33)24-13-6-4-5-12-17(13)20(31)27(19(12)30)14-7-8-16(28)25-18(14)29/h4-6,11,14-15,24H,7-10H2,1-3H3,(H,32,33)(H,25,28,29)/t11?,14?,15-/m0/s1. The first-order valence-electron chi connectivity index (χ1n) is 11.2. The number of fused-ring (bicyclic) bond motifs is 1. The predicted molar refractivity (Wildman–Crippen MR) is 120 cm³/mol. The summed E-state index contributed by atoms with van der Waals surface area (Å²) in [6.07, 6.45) is -0.666. The highest BCUT2D eigenvalue weighted by atomic mass is 16.6. The number of piperidine rings is 1. The van der Waals surface area contributed by atoms with Gasteiger partial charge in [-0.25, -0.2) is 9.59 Å². The number of amides is 5. The second-order valence-electron chi connectivity index (χ2n) is 9.74. The molecule has 0 spiro atoms. The zero-order valence-corrected chi connectivity index (χ0v) is 19.5. The molecule has 2 unspecified atom stereocenters. The minimum Gasteiger partial charge on any atom is -0.480 e.